The van der Waals surface area contributed by atoms with E-state index in [-0.39, 0.29) is 0 Å². The van der Waals surface area contributed by atoms with Gasteiger partial charge in [0.25, 0.3) is 0 Å². The van der Waals surface area contributed by atoms with Crippen molar-refractivity contribution < 1.29 is 4.74 Å². The lowest BCUT2D eigenvalue weighted by molar-refractivity contribution is 0.289. The largest absolute Gasteiger partial charge is 0.493 e. The molecule has 3 heteroatoms. The van der Waals surface area contributed by atoms with Crippen molar-refractivity contribution in [3.8, 4) is 17.0 Å². The number of nitrogens with one attached hydrogen (secondary N) is 1. The molecule has 98 valence electrons. The summed E-state index contributed by atoms with van der Waals surface area (Å²) in [6.45, 7) is 3.75. The molecule has 0 aliphatic carbocycles. The Bertz CT molecular complexity index is 581. The van der Waals surface area contributed by atoms with Crippen LogP contribution in [-0.4, -0.2) is 18.1 Å². The van der Waals surface area contributed by atoms with Gasteiger partial charge in [0.2, 0.25) is 0 Å². The van der Waals surface area contributed by atoms with Crippen LogP contribution in [0.5, 0.6) is 5.75 Å². The molecule has 1 aromatic carbocycles. The van der Waals surface area contributed by atoms with Gasteiger partial charge in [-0.25, -0.2) is 4.98 Å². The third-order valence-corrected chi connectivity index (χ3v) is 3.32. The minimum Gasteiger partial charge on any atom is -0.493 e. The molecule has 0 atom stereocenters. The van der Waals surface area contributed by atoms with Crippen molar-refractivity contribution in [1.29, 1.82) is 0 Å². The van der Waals surface area contributed by atoms with Crippen LogP contribution in [0.4, 0.5) is 5.82 Å². The van der Waals surface area contributed by atoms with E-state index in [1.165, 1.54) is 5.56 Å². The molecule has 0 radical (unpaired) electrons. The highest BCUT2D eigenvalue weighted by molar-refractivity contribution is 5.70. The van der Waals surface area contributed by atoms with Crippen LogP contribution < -0.4 is 10.1 Å². The summed E-state index contributed by atoms with van der Waals surface area (Å²) in [5.41, 5.74) is 3.36. The Morgan fingerprint density at radius 3 is 3.00 bits per heavy atom. The number of hydrogen-bond acceptors (Lipinski definition) is 3. The van der Waals surface area contributed by atoms with Crippen LogP contribution in [-0.2, 0) is 6.42 Å². The molecule has 3 rings (SSSR count). The molecule has 3 nitrogen and oxygen atoms in total. The lowest BCUT2D eigenvalue weighted by Crippen LogP contribution is -2.09. The van der Waals surface area contributed by atoms with Crippen molar-refractivity contribution in [1.82, 2.24) is 4.98 Å². The second kappa shape index (κ2) is 5.31. The second-order valence-corrected chi connectivity index (χ2v) is 4.68. The molecule has 0 saturated heterocycles. The van der Waals surface area contributed by atoms with Gasteiger partial charge in [0.15, 0.2) is 0 Å². The smallest absolute Gasteiger partial charge is 0.131 e. The van der Waals surface area contributed by atoms with Gasteiger partial charge in [0, 0.05) is 12.1 Å². The SMILES string of the molecule is CCNc1cccc(-c2cccc3c2OCCC3)n1. The zero-order chi connectivity index (χ0) is 13.1. The van der Waals surface area contributed by atoms with Crippen LogP contribution in [0.1, 0.15) is 18.9 Å². The van der Waals surface area contributed by atoms with E-state index in [0.717, 1.165) is 48.8 Å². The zero-order valence-corrected chi connectivity index (χ0v) is 11.1. The molecule has 1 aliphatic rings. The van der Waals surface area contributed by atoms with Crippen LogP contribution in [0.3, 0.4) is 0 Å². The number of aryl methyl sites for hydroxylation is 1. The number of para-hydroxylation sites is 1. The summed E-state index contributed by atoms with van der Waals surface area (Å²) in [6.07, 6.45) is 2.19. The third kappa shape index (κ3) is 2.41. The van der Waals surface area contributed by atoms with Crippen molar-refractivity contribution in [2.24, 2.45) is 0 Å². The van der Waals surface area contributed by atoms with E-state index >= 15 is 0 Å². The molecular weight excluding hydrogens is 236 g/mol. The molecule has 1 N–H and O–H groups in total. The Labute approximate surface area is 113 Å². The summed E-state index contributed by atoms with van der Waals surface area (Å²) in [5.74, 6) is 1.92. The molecule has 0 fully saturated rings. The first kappa shape index (κ1) is 12.0. The number of hydrogen-bond donors (Lipinski definition) is 1. The average molecular weight is 254 g/mol. The molecule has 1 aromatic heterocycles. The lowest BCUT2D eigenvalue weighted by atomic mass is 10.0. The molecule has 0 saturated carbocycles. The molecule has 0 unspecified atom stereocenters. The van der Waals surface area contributed by atoms with E-state index in [1.807, 2.05) is 18.2 Å². The molecule has 19 heavy (non-hydrogen) atoms. The van der Waals surface area contributed by atoms with Crippen molar-refractivity contribution >= 4 is 5.82 Å². The minimum absolute atomic E-state index is 0.802. The summed E-state index contributed by atoms with van der Waals surface area (Å²) >= 11 is 0. The minimum atomic E-state index is 0.802. The maximum absolute atomic E-state index is 5.85. The number of pyridine rings is 1. The number of aromatic nitrogens is 1. The summed E-state index contributed by atoms with van der Waals surface area (Å²) in [7, 11) is 0. The molecule has 0 amide bonds. The van der Waals surface area contributed by atoms with Gasteiger partial charge in [-0.2, -0.15) is 0 Å². The molecule has 2 heterocycles. The fourth-order valence-corrected chi connectivity index (χ4v) is 2.45. The van der Waals surface area contributed by atoms with E-state index in [9.17, 15) is 0 Å². The summed E-state index contributed by atoms with van der Waals surface area (Å²) in [5, 5.41) is 3.25. The Morgan fingerprint density at radius 2 is 2.11 bits per heavy atom. The van der Waals surface area contributed by atoms with Gasteiger partial charge >= 0.3 is 0 Å². The number of benzene rings is 1. The number of rotatable bonds is 3. The number of anilines is 1. The quantitative estimate of drug-likeness (QED) is 0.910. The number of ether oxygens (including phenoxy) is 1. The van der Waals surface area contributed by atoms with Gasteiger partial charge in [-0.05, 0) is 43.5 Å². The van der Waals surface area contributed by atoms with Crippen molar-refractivity contribution in [2.45, 2.75) is 19.8 Å². The maximum Gasteiger partial charge on any atom is 0.131 e. The Hall–Kier alpha value is -2.03. The maximum atomic E-state index is 5.85. The molecule has 0 bridgehead atoms. The Morgan fingerprint density at radius 1 is 1.21 bits per heavy atom. The van der Waals surface area contributed by atoms with Gasteiger partial charge in [-0.15, -0.1) is 0 Å². The standard InChI is InChI=1S/C16H18N2O/c1-2-17-15-10-4-9-14(18-15)13-8-3-6-12-7-5-11-19-16(12)13/h3-4,6,8-10H,2,5,7,11H2,1H3,(H,17,18). The van der Waals surface area contributed by atoms with Gasteiger partial charge < -0.3 is 10.1 Å². The summed E-state index contributed by atoms with van der Waals surface area (Å²) in [4.78, 5) is 4.65. The zero-order valence-electron chi connectivity index (χ0n) is 11.1. The highest BCUT2D eigenvalue weighted by atomic mass is 16.5. The molecule has 0 spiro atoms. The average Bonchev–Trinajstić information content (AvgIpc) is 2.47. The second-order valence-electron chi connectivity index (χ2n) is 4.68. The van der Waals surface area contributed by atoms with E-state index in [1.54, 1.807) is 0 Å². The molecule has 1 aliphatic heterocycles. The van der Waals surface area contributed by atoms with E-state index in [4.69, 9.17) is 4.74 Å². The van der Waals surface area contributed by atoms with Crippen molar-refractivity contribution in [2.75, 3.05) is 18.5 Å². The predicted octanol–water partition coefficient (Wildman–Crippen LogP) is 3.51. The van der Waals surface area contributed by atoms with E-state index in [2.05, 4.69) is 35.4 Å². The lowest BCUT2D eigenvalue weighted by Gasteiger charge is -2.20. The first-order chi connectivity index (χ1) is 9.38. The van der Waals surface area contributed by atoms with Crippen LogP contribution in [0.25, 0.3) is 11.3 Å². The molecular formula is C16H18N2O. The van der Waals surface area contributed by atoms with Crippen LogP contribution in [0.2, 0.25) is 0 Å². The fourth-order valence-electron chi connectivity index (χ4n) is 2.45. The highest BCUT2D eigenvalue weighted by Gasteiger charge is 2.16. The van der Waals surface area contributed by atoms with Crippen LogP contribution in [0.15, 0.2) is 36.4 Å². The van der Waals surface area contributed by atoms with Gasteiger partial charge in [-0.3, -0.25) is 0 Å². The predicted molar refractivity (Wildman–Crippen MR) is 77.7 cm³/mol. The van der Waals surface area contributed by atoms with Crippen LogP contribution in [0, 0.1) is 0 Å². The Balaban J connectivity index is 2.04. The van der Waals surface area contributed by atoms with Gasteiger partial charge in [-0.1, -0.05) is 18.2 Å². The summed E-state index contributed by atoms with van der Waals surface area (Å²) < 4.78 is 5.85. The topological polar surface area (TPSA) is 34.1 Å². The first-order valence-electron chi connectivity index (χ1n) is 6.84. The molecule has 2 aromatic rings. The number of fused-ring (bicyclic) bond motifs is 1. The highest BCUT2D eigenvalue weighted by Crippen LogP contribution is 2.35. The third-order valence-electron chi connectivity index (χ3n) is 3.32. The van der Waals surface area contributed by atoms with Crippen molar-refractivity contribution in [3.05, 3.63) is 42.0 Å². The number of nitrogens with zero attached hydrogens (tertiary/aromatic N) is 1. The fraction of sp³-hybridized carbons (Fsp3) is 0.312. The van der Waals surface area contributed by atoms with E-state index < -0.39 is 0 Å². The van der Waals surface area contributed by atoms with Gasteiger partial charge in [0.05, 0.1) is 12.3 Å². The first-order valence-corrected chi connectivity index (χ1v) is 6.84. The summed E-state index contributed by atoms with van der Waals surface area (Å²) in [6, 6.07) is 12.4. The van der Waals surface area contributed by atoms with Crippen molar-refractivity contribution in [3.63, 3.8) is 0 Å². The normalized spacial score (nSPS) is 13.5. The monoisotopic (exact) mass is 254 g/mol. The van der Waals surface area contributed by atoms with Crippen LogP contribution >= 0.6 is 0 Å². The van der Waals surface area contributed by atoms with E-state index in [0.29, 0.717) is 0 Å². The van der Waals surface area contributed by atoms with Gasteiger partial charge in [0.1, 0.15) is 11.6 Å². The Kier molecular flexibility index (Phi) is 3.36.